The molecule has 2 atom stereocenters. The number of hydrogen-bond acceptors (Lipinski definition) is 4. The van der Waals surface area contributed by atoms with E-state index in [0.29, 0.717) is 18.4 Å². The molecule has 1 amide bonds. The molecule has 2 aliphatic heterocycles. The van der Waals surface area contributed by atoms with Crippen molar-refractivity contribution in [2.45, 2.75) is 26.3 Å². The highest BCUT2D eigenvalue weighted by atomic mass is 16.5. The largest absolute Gasteiger partial charge is 0.483 e. The van der Waals surface area contributed by atoms with Crippen molar-refractivity contribution in [3.05, 3.63) is 34.9 Å². The maximum absolute atomic E-state index is 12.7. The Labute approximate surface area is 149 Å². The summed E-state index contributed by atoms with van der Waals surface area (Å²) in [5, 5.41) is 6.89. The normalized spacial score (nSPS) is 23.2. The molecule has 0 radical (unpaired) electrons. The third kappa shape index (κ3) is 5.28. The first-order chi connectivity index (χ1) is 11.9. The first-order valence-electron chi connectivity index (χ1n) is 8.64. The Balaban J connectivity index is 0.000000701. The van der Waals surface area contributed by atoms with Gasteiger partial charge < -0.3 is 14.7 Å². The molecule has 1 aromatic rings. The number of carbonyl (C=O) groups excluding carboxylic acids is 1. The summed E-state index contributed by atoms with van der Waals surface area (Å²) in [6, 6.07) is 6.66. The summed E-state index contributed by atoms with van der Waals surface area (Å²) in [4.78, 5) is 25.5. The second kappa shape index (κ2) is 8.97. The van der Waals surface area contributed by atoms with Gasteiger partial charge in [0, 0.05) is 25.6 Å². The first-order valence-corrected chi connectivity index (χ1v) is 8.64. The zero-order valence-corrected chi connectivity index (χ0v) is 15.3. The van der Waals surface area contributed by atoms with Crippen LogP contribution in [-0.4, -0.2) is 73.2 Å². The first kappa shape index (κ1) is 19.4. The van der Waals surface area contributed by atoms with E-state index in [2.05, 4.69) is 48.9 Å². The fourth-order valence-corrected chi connectivity index (χ4v) is 3.45. The van der Waals surface area contributed by atoms with Crippen molar-refractivity contribution in [2.24, 2.45) is 5.92 Å². The number of carbonyl (C=O) groups is 2. The number of rotatable bonds is 2. The molecule has 2 fully saturated rings. The molecule has 2 bridgehead atoms. The molecule has 2 heterocycles. The van der Waals surface area contributed by atoms with E-state index >= 15 is 0 Å². The van der Waals surface area contributed by atoms with Crippen LogP contribution in [0.2, 0.25) is 0 Å². The predicted octanol–water partition coefficient (Wildman–Crippen LogP) is 1.34. The van der Waals surface area contributed by atoms with Gasteiger partial charge in [0.1, 0.15) is 0 Å². The second-order valence-corrected chi connectivity index (χ2v) is 7.00. The molecular formula is C19H28N2O4. The van der Waals surface area contributed by atoms with Gasteiger partial charge in [-0.05, 0) is 37.6 Å². The number of benzene rings is 1. The van der Waals surface area contributed by atoms with Crippen molar-refractivity contribution >= 4 is 12.4 Å². The van der Waals surface area contributed by atoms with Crippen molar-refractivity contribution in [3.63, 3.8) is 0 Å². The fraction of sp³-hybridized carbons (Fsp3) is 0.579. The molecule has 6 heteroatoms. The van der Waals surface area contributed by atoms with Crippen LogP contribution < -0.4 is 0 Å². The highest BCUT2D eigenvalue weighted by Gasteiger charge is 2.33. The van der Waals surface area contributed by atoms with Crippen LogP contribution in [0.5, 0.6) is 0 Å². The van der Waals surface area contributed by atoms with Gasteiger partial charge in [-0.3, -0.25) is 14.5 Å². The van der Waals surface area contributed by atoms with Gasteiger partial charge in [0.2, 0.25) is 5.91 Å². The number of hydrogen-bond donors (Lipinski definition) is 1. The van der Waals surface area contributed by atoms with Crippen LogP contribution in [0.3, 0.4) is 0 Å². The van der Waals surface area contributed by atoms with Gasteiger partial charge >= 0.3 is 0 Å². The number of aryl methyl sites for hydroxylation is 2. The number of carboxylic acid groups (broad SMARTS) is 1. The molecular weight excluding hydrogens is 320 g/mol. The molecule has 0 saturated carbocycles. The van der Waals surface area contributed by atoms with E-state index < -0.39 is 0 Å². The Morgan fingerprint density at radius 1 is 1.24 bits per heavy atom. The molecule has 0 aromatic heterocycles. The van der Waals surface area contributed by atoms with Crippen molar-refractivity contribution in [1.82, 2.24) is 9.80 Å². The zero-order valence-electron chi connectivity index (χ0n) is 15.3. The van der Waals surface area contributed by atoms with Crippen molar-refractivity contribution in [2.75, 3.05) is 39.9 Å². The van der Waals surface area contributed by atoms with E-state index in [1.54, 1.807) is 0 Å². The minimum atomic E-state index is -0.250. The van der Waals surface area contributed by atoms with Crippen LogP contribution in [0.25, 0.3) is 0 Å². The van der Waals surface area contributed by atoms with Crippen molar-refractivity contribution in [1.29, 1.82) is 0 Å². The summed E-state index contributed by atoms with van der Waals surface area (Å²) in [6.45, 7) is 8.10. The van der Waals surface area contributed by atoms with Crippen LogP contribution in [-0.2, 0) is 20.7 Å². The average molecular weight is 348 g/mol. The lowest BCUT2D eigenvalue weighted by Crippen LogP contribution is -2.45. The van der Waals surface area contributed by atoms with Crippen LogP contribution in [0.4, 0.5) is 0 Å². The topological polar surface area (TPSA) is 70.1 Å². The van der Waals surface area contributed by atoms with Gasteiger partial charge in [0.05, 0.1) is 25.7 Å². The fourth-order valence-electron chi connectivity index (χ4n) is 3.45. The van der Waals surface area contributed by atoms with Gasteiger partial charge in [0.15, 0.2) is 0 Å². The molecule has 6 nitrogen and oxygen atoms in total. The summed E-state index contributed by atoms with van der Waals surface area (Å²) in [5.74, 6) is 0.677. The monoisotopic (exact) mass is 348 g/mol. The third-order valence-corrected chi connectivity index (χ3v) is 5.02. The van der Waals surface area contributed by atoms with E-state index in [1.165, 1.54) is 11.1 Å². The number of likely N-dealkylation sites (N-methyl/N-ethyl adjacent to an activating group) is 1. The molecule has 0 spiro atoms. The summed E-state index contributed by atoms with van der Waals surface area (Å²) in [5.41, 5.74) is 3.65. The maximum atomic E-state index is 12.7. The number of fused-ring (bicyclic) bond motifs is 3. The summed E-state index contributed by atoms with van der Waals surface area (Å²) >= 11 is 0. The molecule has 2 saturated heterocycles. The highest BCUT2D eigenvalue weighted by molar-refractivity contribution is 5.79. The second-order valence-electron chi connectivity index (χ2n) is 7.00. The van der Waals surface area contributed by atoms with E-state index in [1.807, 2.05) is 0 Å². The molecule has 1 aromatic carbocycles. The quantitative estimate of drug-likeness (QED) is 0.817. The predicted molar refractivity (Wildman–Crippen MR) is 95.6 cm³/mol. The Kier molecular flexibility index (Phi) is 6.96. The Morgan fingerprint density at radius 3 is 2.64 bits per heavy atom. The molecule has 0 unspecified atom stereocenters. The standard InChI is InChI=1S/C18H26N2O2.CH2O2/c1-13-4-5-15(6-14(13)2)7-18(21)20-9-16-8-19(3)17(10-20)12-22-11-16;2-1-3/h4-6,16-17H,7-12H2,1-3H3;1H,(H,2,3)/t16-,17+;/m1./s1. The van der Waals surface area contributed by atoms with Gasteiger partial charge in [-0.25, -0.2) is 0 Å². The smallest absolute Gasteiger partial charge is 0.290 e. The van der Waals surface area contributed by atoms with E-state index in [0.717, 1.165) is 38.4 Å². The molecule has 138 valence electrons. The Bertz CT molecular complexity index is 605. The zero-order chi connectivity index (χ0) is 18.4. The lowest BCUT2D eigenvalue weighted by atomic mass is 10.0. The number of ether oxygens (including phenoxy) is 1. The Hall–Kier alpha value is -1.92. The lowest BCUT2D eigenvalue weighted by Gasteiger charge is -2.30. The molecule has 1 N–H and O–H groups in total. The van der Waals surface area contributed by atoms with E-state index in [9.17, 15) is 4.79 Å². The molecule has 25 heavy (non-hydrogen) atoms. The van der Waals surface area contributed by atoms with Gasteiger partial charge in [-0.15, -0.1) is 0 Å². The third-order valence-electron chi connectivity index (χ3n) is 5.02. The van der Waals surface area contributed by atoms with Crippen LogP contribution >= 0.6 is 0 Å². The van der Waals surface area contributed by atoms with E-state index in [-0.39, 0.29) is 12.4 Å². The van der Waals surface area contributed by atoms with Crippen LogP contribution in [0.1, 0.15) is 16.7 Å². The molecule has 2 aliphatic rings. The highest BCUT2D eigenvalue weighted by Crippen LogP contribution is 2.19. The molecule has 3 rings (SSSR count). The molecule has 0 aliphatic carbocycles. The van der Waals surface area contributed by atoms with Gasteiger partial charge in [-0.2, -0.15) is 0 Å². The van der Waals surface area contributed by atoms with Crippen LogP contribution in [0, 0.1) is 19.8 Å². The minimum absolute atomic E-state index is 0.246. The Morgan fingerprint density at radius 2 is 1.96 bits per heavy atom. The van der Waals surface area contributed by atoms with Crippen LogP contribution in [0.15, 0.2) is 18.2 Å². The number of nitrogens with zero attached hydrogens (tertiary/aromatic N) is 2. The van der Waals surface area contributed by atoms with Gasteiger partial charge in [-0.1, -0.05) is 18.2 Å². The number of amides is 1. The summed E-state index contributed by atoms with van der Waals surface area (Å²) in [7, 11) is 2.14. The van der Waals surface area contributed by atoms with Gasteiger partial charge in [0.25, 0.3) is 6.47 Å². The average Bonchev–Trinajstić information content (AvgIpc) is 2.80. The summed E-state index contributed by atoms with van der Waals surface area (Å²) < 4.78 is 5.73. The minimum Gasteiger partial charge on any atom is -0.483 e. The summed E-state index contributed by atoms with van der Waals surface area (Å²) in [6.07, 6.45) is 0.505. The van der Waals surface area contributed by atoms with Crippen molar-refractivity contribution < 1.29 is 19.4 Å². The van der Waals surface area contributed by atoms with Crippen molar-refractivity contribution in [3.8, 4) is 0 Å². The van der Waals surface area contributed by atoms with E-state index in [4.69, 9.17) is 14.6 Å². The SMILES string of the molecule is Cc1ccc(CC(=O)N2C[C@@H]3COC[C@H](C2)N(C)C3)cc1C.O=CO. The lowest BCUT2D eigenvalue weighted by molar-refractivity contribution is -0.132. The maximum Gasteiger partial charge on any atom is 0.290 e.